The minimum absolute atomic E-state index is 0.108. The van der Waals surface area contributed by atoms with Crippen LogP contribution in [0.1, 0.15) is 31.9 Å². The average molecular weight is 209 g/mol. The molecule has 0 amide bonds. The lowest BCUT2D eigenvalue weighted by Crippen LogP contribution is -2.13. The summed E-state index contributed by atoms with van der Waals surface area (Å²) in [6.07, 6.45) is 1.01. The van der Waals surface area contributed by atoms with Crippen LogP contribution in [0.3, 0.4) is 0 Å². The van der Waals surface area contributed by atoms with Crippen molar-refractivity contribution in [3.05, 3.63) is 35.1 Å². The van der Waals surface area contributed by atoms with Gasteiger partial charge in [-0.3, -0.25) is 0 Å². The monoisotopic (exact) mass is 209 g/mol. The van der Waals surface area contributed by atoms with Gasteiger partial charge < -0.3 is 5.32 Å². The minimum Gasteiger partial charge on any atom is -0.313 e. The van der Waals surface area contributed by atoms with Gasteiger partial charge >= 0.3 is 0 Å². The highest BCUT2D eigenvalue weighted by Gasteiger charge is 2.04. The molecule has 0 atom stereocenters. The van der Waals surface area contributed by atoms with E-state index in [1.54, 1.807) is 6.07 Å². The summed E-state index contributed by atoms with van der Waals surface area (Å²) in [5.74, 6) is 0.505. The fourth-order valence-electron chi connectivity index (χ4n) is 1.62. The lowest BCUT2D eigenvalue weighted by atomic mass is 10.0. The van der Waals surface area contributed by atoms with Gasteiger partial charge in [-0.25, -0.2) is 4.39 Å². The Labute approximate surface area is 91.7 Å². The number of hydrogen-bond donors (Lipinski definition) is 1. The van der Waals surface area contributed by atoms with Crippen LogP contribution < -0.4 is 5.32 Å². The molecular weight excluding hydrogens is 189 g/mol. The highest BCUT2D eigenvalue weighted by atomic mass is 19.1. The number of halogens is 1. The highest BCUT2D eigenvalue weighted by molar-refractivity contribution is 5.25. The molecule has 1 N–H and O–H groups in total. The van der Waals surface area contributed by atoms with Crippen LogP contribution in [0.5, 0.6) is 0 Å². The first kappa shape index (κ1) is 12.2. The van der Waals surface area contributed by atoms with E-state index in [0.717, 1.165) is 18.5 Å². The predicted octanol–water partition coefficient (Wildman–Crippen LogP) is 3.13. The van der Waals surface area contributed by atoms with Crippen LogP contribution >= 0.6 is 0 Å². The molecule has 1 aromatic rings. The maximum Gasteiger partial charge on any atom is 0.127 e. The molecule has 1 rings (SSSR count). The van der Waals surface area contributed by atoms with Gasteiger partial charge in [0.25, 0.3) is 0 Å². The van der Waals surface area contributed by atoms with Gasteiger partial charge in [-0.1, -0.05) is 32.9 Å². The third-order valence-electron chi connectivity index (χ3n) is 2.32. The van der Waals surface area contributed by atoms with Crippen LogP contribution in [0.15, 0.2) is 18.2 Å². The van der Waals surface area contributed by atoms with E-state index >= 15 is 0 Å². The third kappa shape index (κ3) is 4.00. The van der Waals surface area contributed by atoms with Gasteiger partial charge in [0.2, 0.25) is 0 Å². The summed E-state index contributed by atoms with van der Waals surface area (Å²) in [4.78, 5) is 0. The number of hydrogen-bond acceptors (Lipinski definition) is 1. The molecule has 0 heterocycles. The quantitative estimate of drug-likeness (QED) is 0.785. The smallest absolute Gasteiger partial charge is 0.127 e. The molecule has 0 bridgehead atoms. The fraction of sp³-hybridized carbons (Fsp3) is 0.538. The van der Waals surface area contributed by atoms with Crippen LogP contribution in [0.25, 0.3) is 0 Å². The molecule has 0 radical (unpaired) electrons. The molecule has 0 saturated heterocycles. The summed E-state index contributed by atoms with van der Waals surface area (Å²) in [6.45, 7) is 7.86. The zero-order chi connectivity index (χ0) is 11.3. The Morgan fingerprint density at radius 3 is 2.67 bits per heavy atom. The van der Waals surface area contributed by atoms with E-state index in [4.69, 9.17) is 0 Å². The van der Waals surface area contributed by atoms with Crippen LogP contribution in [-0.2, 0) is 13.0 Å². The zero-order valence-electron chi connectivity index (χ0n) is 9.81. The van der Waals surface area contributed by atoms with Crippen molar-refractivity contribution >= 4 is 0 Å². The van der Waals surface area contributed by atoms with Gasteiger partial charge in [0.05, 0.1) is 0 Å². The summed E-state index contributed by atoms with van der Waals surface area (Å²) in [6, 6.07) is 5.42. The molecule has 0 unspecified atom stereocenters. The summed E-state index contributed by atoms with van der Waals surface area (Å²) < 4.78 is 13.4. The lowest BCUT2D eigenvalue weighted by molar-refractivity contribution is 0.588. The topological polar surface area (TPSA) is 12.0 Å². The average Bonchev–Trinajstić information content (AvgIpc) is 2.18. The molecule has 0 saturated carbocycles. The molecule has 0 aliphatic carbocycles. The Balaban J connectivity index is 2.75. The van der Waals surface area contributed by atoms with Gasteiger partial charge in [-0.2, -0.15) is 0 Å². The summed E-state index contributed by atoms with van der Waals surface area (Å²) in [5.41, 5.74) is 1.99. The minimum atomic E-state index is -0.108. The Bertz CT molecular complexity index is 307. The van der Waals surface area contributed by atoms with Crippen molar-refractivity contribution in [3.63, 3.8) is 0 Å². The molecular formula is C13H20FN. The normalized spacial score (nSPS) is 11.0. The first-order chi connectivity index (χ1) is 7.13. The Kier molecular flexibility index (Phi) is 4.76. The molecule has 84 valence electrons. The van der Waals surface area contributed by atoms with Gasteiger partial charge in [0.1, 0.15) is 5.82 Å². The van der Waals surface area contributed by atoms with E-state index in [-0.39, 0.29) is 5.82 Å². The van der Waals surface area contributed by atoms with Crippen molar-refractivity contribution in [3.8, 4) is 0 Å². The molecule has 1 nitrogen and oxygen atoms in total. The van der Waals surface area contributed by atoms with E-state index in [9.17, 15) is 4.39 Å². The van der Waals surface area contributed by atoms with Gasteiger partial charge in [-0.05, 0) is 30.5 Å². The molecule has 15 heavy (non-hydrogen) atoms. The number of rotatable bonds is 5. The van der Waals surface area contributed by atoms with E-state index < -0.39 is 0 Å². The van der Waals surface area contributed by atoms with Crippen LogP contribution in [0.4, 0.5) is 4.39 Å². The Morgan fingerprint density at radius 2 is 2.07 bits per heavy atom. The molecule has 0 spiro atoms. The SMILES string of the molecule is CCNCc1cc(CC(C)C)ccc1F. The summed E-state index contributed by atoms with van der Waals surface area (Å²) >= 11 is 0. The first-order valence-corrected chi connectivity index (χ1v) is 5.61. The molecule has 0 aromatic heterocycles. The fourth-order valence-corrected chi connectivity index (χ4v) is 1.62. The highest BCUT2D eigenvalue weighted by Crippen LogP contribution is 2.13. The lowest BCUT2D eigenvalue weighted by Gasteiger charge is -2.09. The van der Waals surface area contributed by atoms with Gasteiger partial charge in [0.15, 0.2) is 0 Å². The van der Waals surface area contributed by atoms with Crippen molar-refractivity contribution in [2.24, 2.45) is 5.92 Å². The summed E-state index contributed by atoms with van der Waals surface area (Å²) in [7, 11) is 0. The molecule has 0 aliphatic heterocycles. The number of benzene rings is 1. The maximum atomic E-state index is 13.4. The van der Waals surface area contributed by atoms with Crippen molar-refractivity contribution in [1.29, 1.82) is 0 Å². The zero-order valence-corrected chi connectivity index (χ0v) is 9.81. The second kappa shape index (κ2) is 5.86. The van der Waals surface area contributed by atoms with Crippen molar-refractivity contribution in [2.75, 3.05) is 6.54 Å². The van der Waals surface area contributed by atoms with E-state index in [1.807, 2.05) is 19.1 Å². The van der Waals surface area contributed by atoms with Crippen LogP contribution in [-0.4, -0.2) is 6.54 Å². The van der Waals surface area contributed by atoms with Crippen LogP contribution in [0, 0.1) is 11.7 Å². The molecule has 0 fully saturated rings. The molecule has 1 aromatic carbocycles. The number of nitrogens with one attached hydrogen (secondary N) is 1. The largest absolute Gasteiger partial charge is 0.313 e. The van der Waals surface area contributed by atoms with E-state index in [2.05, 4.69) is 19.2 Å². The second-order valence-corrected chi connectivity index (χ2v) is 4.30. The summed E-state index contributed by atoms with van der Waals surface area (Å²) in [5, 5.41) is 3.15. The maximum absolute atomic E-state index is 13.4. The van der Waals surface area contributed by atoms with Crippen LogP contribution in [0.2, 0.25) is 0 Å². The Morgan fingerprint density at radius 1 is 1.33 bits per heavy atom. The standard InChI is InChI=1S/C13H20FN/c1-4-15-9-12-8-11(7-10(2)3)5-6-13(12)14/h5-6,8,10,15H,4,7,9H2,1-3H3. The van der Waals surface area contributed by atoms with Crippen molar-refractivity contribution in [2.45, 2.75) is 33.7 Å². The van der Waals surface area contributed by atoms with Gasteiger partial charge in [-0.15, -0.1) is 0 Å². The van der Waals surface area contributed by atoms with Crippen molar-refractivity contribution in [1.82, 2.24) is 5.32 Å². The van der Waals surface area contributed by atoms with Crippen molar-refractivity contribution < 1.29 is 4.39 Å². The van der Waals surface area contributed by atoms with E-state index in [0.29, 0.717) is 12.5 Å². The second-order valence-electron chi connectivity index (χ2n) is 4.30. The van der Waals surface area contributed by atoms with Gasteiger partial charge in [0, 0.05) is 12.1 Å². The third-order valence-corrected chi connectivity index (χ3v) is 2.32. The molecule has 0 aliphatic rings. The Hall–Kier alpha value is -0.890. The predicted molar refractivity (Wildman–Crippen MR) is 62.3 cm³/mol. The van der Waals surface area contributed by atoms with E-state index in [1.165, 1.54) is 5.56 Å². The molecule has 2 heteroatoms. The first-order valence-electron chi connectivity index (χ1n) is 5.61.